The molecule has 0 spiro atoms. The summed E-state index contributed by atoms with van der Waals surface area (Å²) in [5, 5.41) is 3.32. The molecule has 0 bridgehead atoms. The second kappa shape index (κ2) is 6.00. The zero-order valence-electron chi connectivity index (χ0n) is 10.7. The van der Waals surface area contributed by atoms with Crippen LogP contribution in [0.5, 0.6) is 11.5 Å². The summed E-state index contributed by atoms with van der Waals surface area (Å²) in [7, 11) is 1.65. The third-order valence-electron chi connectivity index (χ3n) is 2.61. The van der Waals surface area contributed by atoms with Gasteiger partial charge in [0, 0.05) is 23.6 Å². The van der Waals surface area contributed by atoms with E-state index in [-0.39, 0.29) is 0 Å². The summed E-state index contributed by atoms with van der Waals surface area (Å²) in [6, 6.07) is 9.86. The summed E-state index contributed by atoms with van der Waals surface area (Å²) >= 11 is 0. The Kier molecular flexibility index (Phi) is 4.12. The third-order valence-corrected chi connectivity index (χ3v) is 2.61. The first-order chi connectivity index (χ1) is 8.83. The number of anilines is 1. The van der Waals surface area contributed by atoms with Gasteiger partial charge in [0.2, 0.25) is 0 Å². The van der Waals surface area contributed by atoms with Crippen LogP contribution in [0.1, 0.15) is 12.6 Å². The van der Waals surface area contributed by atoms with Gasteiger partial charge in [-0.1, -0.05) is 0 Å². The van der Waals surface area contributed by atoms with Crippen molar-refractivity contribution in [2.75, 3.05) is 19.0 Å². The highest BCUT2D eigenvalue weighted by atomic mass is 16.5. The maximum absolute atomic E-state index is 5.47. The second-order valence-corrected chi connectivity index (χ2v) is 3.85. The Morgan fingerprint density at radius 3 is 2.78 bits per heavy atom. The van der Waals surface area contributed by atoms with E-state index < -0.39 is 0 Å². The molecular formula is C14H18N2O2. The SMILES string of the molecule is CCOc1ccc(NCc2ccc[nH]2)cc1OC. The predicted molar refractivity (Wildman–Crippen MR) is 72.3 cm³/mol. The molecule has 18 heavy (non-hydrogen) atoms. The lowest BCUT2D eigenvalue weighted by Crippen LogP contribution is -2.01. The quantitative estimate of drug-likeness (QED) is 0.823. The van der Waals surface area contributed by atoms with Crippen LogP contribution in [0.4, 0.5) is 5.69 Å². The highest BCUT2D eigenvalue weighted by Gasteiger charge is 2.05. The molecule has 0 atom stereocenters. The molecule has 1 aromatic heterocycles. The third kappa shape index (κ3) is 2.97. The first-order valence-electron chi connectivity index (χ1n) is 6.00. The minimum atomic E-state index is 0.631. The predicted octanol–water partition coefficient (Wildman–Crippen LogP) is 3.03. The van der Waals surface area contributed by atoms with Gasteiger partial charge < -0.3 is 19.8 Å². The van der Waals surface area contributed by atoms with Crippen molar-refractivity contribution >= 4 is 5.69 Å². The number of nitrogens with one attached hydrogen (secondary N) is 2. The van der Waals surface area contributed by atoms with Crippen LogP contribution in [0, 0.1) is 0 Å². The lowest BCUT2D eigenvalue weighted by Gasteiger charge is -2.12. The number of benzene rings is 1. The van der Waals surface area contributed by atoms with Crippen molar-refractivity contribution in [3.63, 3.8) is 0 Å². The Balaban J connectivity index is 2.05. The zero-order valence-corrected chi connectivity index (χ0v) is 10.7. The summed E-state index contributed by atoms with van der Waals surface area (Å²) in [5.74, 6) is 1.51. The topological polar surface area (TPSA) is 46.3 Å². The summed E-state index contributed by atoms with van der Waals surface area (Å²) in [6.07, 6.45) is 1.91. The smallest absolute Gasteiger partial charge is 0.162 e. The largest absolute Gasteiger partial charge is 0.493 e. The monoisotopic (exact) mass is 246 g/mol. The van der Waals surface area contributed by atoms with Gasteiger partial charge in [-0.2, -0.15) is 0 Å². The van der Waals surface area contributed by atoms with Crippen molar-refractivity contribution < 1.29 is 9.47 Å². The van der Waals surface area contributed by atoms with E-state index in [0.29, 0.717) is 6.61 Å². The van der Waals surface area contributed by atoms with E-state index in [9.17, 15) is 0 Å². The van der Waals surface area contributed by atoms with E-state index in [1.807, 2.05) is 43.5 Å². The Morgan fingerprint density at radius 2 is 2.11 bits per heavy atom. The maximum Gasteiger partial charge on any atom is 0.162 e. The van der Waals surface area contributed by atoms with Crippen molar-refractivity contribution in [3.8, 4) is 11.5 Å². The minimum absolute atomic E-state index is 0.631. The van der Waals surface area contributed by atoms with Crippen molar-refractivity contribution in [1.29, 1.82) is 0 Å². The summed E-state index contributed by atoms with van der Waals surface area (Å²) in [6.45, 7) is 3.34. The molecule has 0 unspecified atom stereocenters. The Hall–Kier alpha value is -2.10. The molecule has 0 aliphatic heterocycles. The van der Waals surface area contributed by atoms with Gasteiger partial charge in [-0.15, -0.1) is 0 Å². The van der Waals surface area contributed by atoms with Crippen LogP contribution < -0.4 is 14.8 Å². The van der Waals surface area contributed by atoms with Gasteiger partial charge in [-0.05, 0) is 31.2 Å². The first kappa shape index (κ1) is 12.4. The van der Waals surface area contributed by atoms with Gasteiger partial charge in [-0.3, -0.25) is 0 Å². The normalized spacial score (nSPS) is 10.1. The van der Waals surface area contributed by atoms with Crippen LogP contribution >= 0.6 is 0 Å². The average Bonchev–Trinajstić information content (AvgIpc) is 2.91. The van der Waals surface area contributed by atoms with Crippen LogP contribution in [-0.2, 0) is 6.54 Å². The van der Waals surface area contributed by atoms with Gasteiger partial charge in [0.15, 0.2) is 11.5 Å². The molecule has 96 valence electrons. The minimum Gasteiger partial charge on any atom is -0.493 e. The first-order valence-corrected chi connectivity index (χ1v) is 6.00. The number of methoxy groups -OCH3 is 1. The molecule has 1 aromatic carbocycles. The van der Waals surface area contributed by atoms with Crippen LogP contribution in [0.15, 0.2) is 36.5 Å². The van der Waals surface area contributed by atoms with E-state index in [1.165, 1.54) is 0 Å². The molecular weight excluding hydrogens is 228 g/mol. The van der Waals surface area contributed by atoms with Crippen LogP contribution in [0.25, 0.3) is 0 Å². The number of H-pyrrole nitrogens is 1. The molecule has 0 amide bonds. The number of hydrogen-bond donors (Lipinski definition) is 2. The van der Waals surface area contributed by atoms with Gasteiger partial charge in [0.05, 0.1) is 20.3 Å². The summed E-state index contributed by atoms with van der Waals surface area (Å²) in [4.78, 5) is 3.15. The second-order valence-electron chi connectivity index (χ2n) is 3.85. The summed E-state index contributed by atoms with van der Waals surface area (Å²) < 4.78 is 10.8. The van der Waals surface area contributed by atoms with E-state index in [4.69, 9.17) is 9.47 Å². The number of ether oxygens (including phenoxy) is 2. The highest BCUT2D eigenvalue weighted by molar-refractivity contribution is 5.54. The lowest BCUT2D eigenvalue weighted by molar-refractivity contribution is 0.311. The fraction of sp³-hybridized carbons (Fsp3) is 0.286. The zero-order chi connectivity index (χ0) is 12.8. The van der Waals surface area contributed by atoms with Gasteiger partial charge in [-0.25, -0.2) is 0 Å². The Labute approximate surface area is 107 Å². The highest BCUT2D eigenvalue weighted by Crippen LogP contribution is 2.30. The molecule has 0 fully saturated rings. The molecule has 4 heteroatoms. The maximum atomic E-state index is 5.47. The Bertz CT molecular complexity index is 481. The van der Waals surface area contributed by atoms with Gasteiger partial charge in [0.1, 0.15) is 0 Å². The van der Waals surface area contributed by atoms with Crippen molar-refractivity contribution in [1.82, 2.24) is 4.98 Å². The molecule has 2 aromatic rings. The van der Waals surface area contributed by atoms with Gasteiger partial charge >= 0.3 is 0 Å². The van der Waals surface area contributed by atoms with E-state index >= 15 is 0 Å². The van der Waals surface area contributed by atoms with Crippen molar-refractivity contribution in [2.24, 2.45) is 0 Å². The fourth-order valence-corrected chi connectivity index (χ4v) is 1.73. The molecule has 0 radical (unpaired) electrons. The number of hydrogen-bond acceptors (Lipinski definition) is 3. The molecule has 0 saturated carbocycles. The molecule has 0 aliphatic carbocycles. The van der Waals surface area contributed by atoms with E-state index in [2.05, 4.69) is 10.3 Å². The average molecular weight is 246 g/mol. The van der Waals surface area contributed by atoms with Gasteiger partial charge in [0.25, 0.3) is 0 Å². The van der Waals surface area contributed by atoms with Crippen LogP contribution in [-0.4, -0.2) is 18.7 Å². The van der Waals surface area contributed by atoms with Crippen molar-refractivity contribution in [3.05, 3.63) is 42.2 Å². The Morgan fingerprint density at radius 1 is 1.22 bits per heavy atom. The standard InChI is InChI=1S/C14H18N2O2/c1-3-18-13-7-6-11(9-14(13)17-2)16-10-12-5-4-8-15-12/h4-9,15-16H,3,10H2,1-2H3. The molecule has 0 saturated heterocycles. The lowest BCUT2D eigenvalue weighted by atomic mass is 10.2. The number of aromatic nitrogens is 1. The van der Waals surface area contributed by atoms with E-state index in [0.717, 1.165) is 29.4 Å². The fourth-order valence-electron chi connectivity index (χ4n) is 1.73. The molecule has 4 nitrogen and oxygen atoms in total. The number of aromatic amines is 1. The molecule has 1 heterocycles. The summed E-state index contributed by atoms with van der Waals surface area (Å²) in [5.41, 5.74) is 2.15. The molecule has 0 aliphatic rings. The van der Waals surface area contributed by atoms with Crippen LogP contribution in [0.3, 0.4) is 0 Å². The molecule has 2 rings (SSSR count). The van der Waals surface area contributed by atoms with Crippen molar-refractivity contribution in [2.45, 2.75) is 13.5 Å². The van der Waals surface area contributed by atoms with Crippen LogP contribution in [0.2, 0.25) is 0 Å². The van der Waals surface area contributed by atoms with E-state index in [1.54, 1.807) is 7.11 Å². The molecule has 2 N–H and O–H groups in total. The number of rotatable bonds is 6.